The van der Waals surface area contributed by atoms with Crippen LogP contribution in [0.25, 0.3) is 0 Å². The summed E-state index contributed by atoms with van der Waals surface area (Å²) in [6, 6.07) is 0. The molecule has 0 aromatic heterocycles. The monoisotopic (exact) mass is 252 g/mol. The van der Waals surface area contributed by atoms with Crippen molar-refractivity contribution in [3.05, 3.63) is 24.0 Å². The van der Waals surface area contributed by atoms with E-state index < -0.39 is 0 Å². The first-order valence-electron chi connectivity index (χ1n) is 7.84. The second kappa shape index (κ2) is 14.3. The Morgan fingerprint density at radius 1 is 0.833 bits per heavy atom. The normalized spacial score (nSPS) is 12.4. The summed E-state index contributed by atoms with van der Waals surface area (Å²) in [5.41, 5.74) is 0. The van der Waals surface area contributed by atoms with E-state index in [4.69, 9.17) is 0 Å². The number of aliphatic hydroxyl groups is 1. The molecule has 0 fully saturated rings. The summed E-state index contributed by atoms with van der Waals surface area (Å²) in [5, 5.41) is 9.45. The van der Waals surface area contributed by atoms with Gasteiger partial charge in [0.1, 0.15) is 0 Å². The van der Waals surface area contributed by atoms with Gasteiger partial charge in [-0.25, -0.2) is 0 Å². The van der Waals surface area contributed by atoms with Gasteiger partial charge in [-0.05, 0) is 38.2 Å². The van der Waals surface area contributed by atoms with Gasteiger partial charge in [0, 0.05) is 6.42 Å². The summed E-state index contributed by atoms with van der Waals surface area (Å²) in [5.74, 6) is 0.582. The van der Waals surface area contributed by atoms with Crippen LogP contribution in [0.15, 0.2) is 24.0 Å². The summed E-state index contributed by atoms with van der Waals surface area (Å²) >= 11 is 0. The highest BCUT2D eigenvalue weighted by atomic mass is 16.3. The molecule has 106 valence electrons. The van der Waals surface area contributed by atoms with E-state index in [-0.39, 0.29) is 0 Å². The van der Waals surface area contributed by atoms with E-state index >= 15 is 0 Å². The van der Waals surface area contributed by atoms with Gasteiger partial charge in [0.15, 0.2) is 0 Å². The Hall–Kier alpha value is -0.720. The van der Waals surface area contributed by atoms with Crippen molar-refractivity contribution in [3.63, 3.8) is 0 Å². The van der Waals surface area contributed by atoms with Gasteiger partial charge >= 0.3 is 0 Å². The van der Waals surface area contributed by atoms with Crippen LogP contribution >= 0.6 is 0 Å². The molecule has 0 atom stereocenters. The molecule has 0 saturated heterocycles. The maximum absolute atomic E-state index is 9.45. The SMILES string of the molecule is CC/C=C(\O)CCCCCCCC/C=C/CCC. The Labute approximate surface area is 114 Å². The van der Waals surface area contributed by atoms with Crippen LogP contribution in [0.3, 0.4) is 0 Å². The summed E-state index contributed by atoms with van der Waals surface area (Å²) in [6.45, 7) is 4.28. The van der Waals surface area contributed by atoms with E-state index in [1.54, 1.807) is 0 Å². The lowest BCUT2D eigenvalue weighted by molar-refractivity contribution is 0.377. The minimum atomic E-state index is 0.582. The standard InChI is InChI=1S/C17H32O/c1-3-5-6-7-8-9-10-11-12-13-14-16-17(18)15-4-2/h6-7,15,18H,3-5,8-14,16H2,1-2H3/b7-6+,17-15-. The van der Waals surface area contributed by atoms with Crippen molar-refractivity contribution in [1.29, 1.82) is 0 Å². The van der Waals surface area contributed by atoms with E-state index in [1.165, 1.54) is 51.4 Å². The molecule has 0 aromatic rings. The van der Waals surface area contributed by atoms with Crippen molar-refractivity contribution in [2.75, 3.05) is 0 Å². The molecule has 0 saturated carbocycles. The number of aliphatic hydroxyl groups excluding tert-OH is 1. The minimum absolute atomic E-state index is 0.582. The van der Waals surface area contributed by atoms with Gasteiger partial charge in [0.05, 0.1) is 5.76 Å². The molecular weight excluding hydrogens is 220 g/mol. The molecule has 0 amide bonds. The number of unbranched alkanes of at least 4 members (excludes halogenated alkanes) is 7. The Kier molecular flexibility index (Phi) is 13.8. The maximum Gasteiger partial charge on any atom is 0.0882 e. The molecule has 0 heterocycles. The minimum Gasteiger partial charge on any atom is -0.513 e. The number of hydrogen-bond acceptors (Lipinski definition) is 1. The molecule has 0 bridgehead atoms. The molecule has 0 aliphatic rings. The van der Waals surface area contributed by atoms with E-state index in [1.807, 2.05) is 6.08 Å². The Morgan fingerprint density at radius 2 is 1.44 bits per heavy atom. The average molecular weight is 252 g/mol. The lowest BCUT2D eigenvalue weighted by atomic mass is 10.1. The molecule has 18 heavy (non-hydrogen) atoms. The Morgan fingerprint density at radius 3 is 2.11 bits per heavy atom. The van der Waals surface area contributed by atoms with E-state index in [0.29, 0.717) is 5.76 Å². The number of rotatable bonds is 12. The van der Waals surface area contributed by atoms with E-state index in [2.05, 4.69) is 26.0 Å². The Balaban J connectivity index is 3.14. The molecule has 1 N–H and O–H groups in total. The van der Waals surface area contributed by atoms with Crippen LogP contribution in [0.1, 0.15) is 84.5 Å². The predicted octanol–water partition coefficient (Wildman–Crippen LogP) is 6.32. The van der Waals surface area contributed by atoms with Crippen LogP contribution in [-0.4, -0.2) is 5.11 Å². The van der Waals surface area contributed by atoms with Crippen molar-refractivity contribution < 1.29 is 5.11 Å². The maximum atomic E-state index is 9.45. The lowest BCUT2D eigenvalue weighted by Crippen LogP contribution is -1.84. The molecule has 0 aliphatic heterocycles. The van der Waals surface area contributed by atoms with Crippen LogP contribution < -0.4 is 0 Å². The third-order valence-corrected chi connectivity index (χ3v) is 3.12. The molecule has 0 rings (SSSR count). The van der Waals surface area contributed by atoms with Gasteiger partial charge in [-0.3, -0.25) is 0 Å². The highest BCUT2D eigenvalue weighted by molar-refractivity contribution is 4.89. The first-order valence-corrected chi connectivity index (χ1v) is 7.84. The zero-order chi connectivity index (χ0) is 13.5. The molecule has 0 aromatic carbocycles. The largest absolute Gasteiger partial charge is 0.513 e. The topological polar surface area (TPSA) is 20.2 Å². The molecule has 1 heteroatoms. The molecular formula is C17H32O. The summed E-state index contributed by atoms with van der Waals surface area (Å²) in [7, 11) is 0. The molecule has 0 unspecified atom stereocenters. The summed E-state index contributed by atoms with van der Waals surface area (Å²) < 4.78 is 0. The van der Waals surface area contributed by atoms with Gasteiger partial charge in [-0.1, -0.05) is 58.1 Å². The summed E-state index contributed by atoms with van der Waals surface area (Å²) in [4.78, 5) is 0. The predicted molar refractivity (Wildman–Crippen MR) is 82.0 cm³/mol. The van der Waals surface area contributed by atoms with Crippen LogP contribution in [0.2, 0.25) is 0 Å². The van der Waals surface area contributed by atoms with E-state index in [0.717, 1.165) is 19.3 Å². The first-order chi connectivity index (χ1) is 8.81. The van der Waals surface area contributed by atoms with E-state index in [9.17, 15) is 5.11 Å². The zero-order valence-corrected chi connectivity index (χ0v) is 12.5. The number of allylic oxidation sites excluding steroid dienone is 4. The smallest absolute Gasteiger partial charge is 0.0882 e. The first kappa shape index (κ1) is 17.3. The van der Waals surface area contributed by atoms with Crippen molar-refractivity contribution >= 4 is 0 Å². The van der Waals surface area contributed by atoms with Crippen LogP contribution in [0.5, 0.6) is 0 Å². The highest BCUT2D eigenvalue weighted by Gasteiger charge is 1.94. The Bertz CT molecular complexity index is 216. The fraction of sp³-hybridized carbons (Fsp3) is 0.765. The van der Waals surface area contributed by atoms with Crippen LogP contribution in [0, 0.1) is 0 Å². The van der Waals surface area contributed by atoms with Crippen molar-refractivity contribution in [1.82, 2.24) is 0 Å². The van der Waals surface area contributed by atoms with Gasteiger partial charge in [0.2, 0.25) is 0 Å². The number of hydrogen-bond donors (Lipinski definition) is 1. The van der Waals surface area contributed by atoms with Crippen LogP contribution in [0.4, 0.5) is 0 Å². The van der Waals surface area contributed by atoms with Gasteiger partial charge in [0.25, 0.3) is 0 Å². The molecule has 0 radical (unpaired) electrons. The van der Waals surface area contributed by atoms with Gasteiger partial charge < -0.3 is 5.11 Å². The second-order valence-electron chi connectivity index (χ2n) is 5.02. The zero-order valence-electron chi connectivity index (χ0n) is 12.5. The third-order valence-electron chi connectivity index (χ3n) is 3.12. The fourth-order valence-corrected chi connectivity index (χ4v) is 2.02. The fourth-order valence-electron chi connectivity index (χ4n) is 2.02. The van der Waals surface area contributed by atoms with Crippen molar-refractivity contribution in [2.45, 2.75) is 84.5 Å². The quantitative estimate of drug-likeness (QED) is 0.245. The summed E-state index contributed by atoms with van der Waals surface area (Å²) in [6.07, 6.45) is 19.9. The molecule has 0 aliphatic carbocycles. The molecule has 1 nitrogen and oxygen atoms in total. The van der Waals surface area contributed by atoms with Gasteiger partial charge in [-0.2, -0.15) is 0 Å². The van der Waals surface area contributed by atoms with Crippen molar-refractivity contribution in [2.24, 2.45) is 0 Å². The molecule has 0 spiro atoms. The third kappa shape index (κ3) is 13.3. The van der Waals surface area contributed by atoms with Crippen molar-refractivity contribution in [3.8, 4) is 0 Å². The second-order valence-corrected chi connectivity index (χ2v) is 5.02. The highest BCUT2D eigenvalue weighted by Crippen LogP contribution is 2.11. The van der Waals surface area contributed by atoms with Gasteiger partial charge in [-0.15, -0.1) is 0 Å². The average Bonchev–Trinajstić information content (AvgIpc) is 2.36. The lowest BCUT2D eigenvalue weighted by Gasteiger charge is -2.01. The van der Waals surface area contributed by atoms with Crippen LogP contribution in [-0.2, 0) is 0 Å².